The van der Waals surface area contributed by atoms with Gasteiger partial charge < -0.3 is 10.6 Å². The van der Waals surface area contributed by atoms with E-state index in [1.54, 1.807) is 31.3 Å². The Bertz CT molecular complexity index is 654. The molecule has 1 amide bonds. The molecule has 0 atom stereocenters. The fourth-order valence-electron chi connectivity index (χ4n) is 1.86. The Kier molecular flexibility index (Phi) is 5.34. The van der Waals surface area contributed by atoms with Crippen LogP contribution in [0.15, 0.2) is 36.4 Å². The molecule has 0 saturated carbocycles. The van der Waals surface area contributed by atoms with E-state index in [9.17, 15) is 4.79 Å². The summed E-state index contributed by atoms with van der Waals surface area (Å²) in [4.78, 5) is 11.7. The van der Waals surface area contributed by atoms with Gasteiger partial charge in [0.15, 0.2) is 0 Å². The van der Waals surface area contributed by atoms with Crippen molar-refractivity contribution in [2.24, 2.45) is 0 Å². The third-order valence-electron chi connectivity index (χ3n) is 2.86. The predicted molar refractivity (Wildman–Crippen MR) is 88.6 cm³/mol. The molecule has 0 aliphatic heterocycles. The Morgan fingerprint density at radius 1 is 1.05 bits per heavy atom. The average molecular weight is 344 g/mol. The lowest BCUT2D eigenvalue weighted by atomic mass is 10.1. The van der Waals surface area contributed by atoms with Crippen LogP contribution in [0, 0.1) is 0 Å². The maximum atomic E-state index is 11.7. The van der Waals surface area contributed by atoms with Crippen molar-refractivity contribution in [3.05, 3.63) is 62.6 Å². The molecule has 0 aliphatic rings. The van der Waals surface area contributed by atoms with Gasteiger partial charge in [-0.3, -0.25) is 4.79 Å². The first kappa shape index (κ1) is 16.0. The molecule has 6 heteroatoms. The van der Waals surface area contributed by atoms with Gasteiger partial charge in [-0.05, 0) is 42.0 Å². The first-order valence-electron chi connectivity index (χ1n) is 6.20. The lowest BCUT2D eigenvalue weighted by Gasteiger charge is -2.10. The molecule has 0 unspecified atom stereocenters. The number of rotatable bonds is 4. The summed E-state index contributed by atoms with van der Waals surface area (Å²) in [5.41, 5.74) is 2.16. The van der Waals surface area contributed by atoms with E-state index >= 15 is 0 Å². The Morgan fingerprint density at radius 2 is 1.71 bits per heavy atom. The van der Waals surface area contributed by atoms with E-state index in [0.717, 1.165) is 11.3 Å². The minimum absolute atomic E-state index is 0.227. The van der Waals surface area contributed by atoms with Crippen molar-refractivity contribution in [1.29, 1.82) is 0 Å². The minimum atomic E-state index is -0.227. The van der Waals surface area contributed by atoms with Gasteiger partial charge in [-0.15, -0.1) is 0 Å². The number of carbonyl (C=O) groups is 1. The van der Waals surface area contributed by atoms with E-state index in [0.29, 0.717) is 27.2 Å². The van der Waals surface area contributed by atoms with Gasteiger partial charge in [-0.25, -0.2) is 0 Å². The smallest absolute Gasteiger partial charge is 0.252 e. The largest absolute Gasteiger partial charge is 0.381 e. The third kappa shape index (κ3) is 4.27. The number of hydrogen-bond donors (Lipinski definition) is 2. The van der Waals surface area contributed by atoms with E-state index in [2.05, 4.69) is 10.6 Å². The number of halogens is 3. The Hall–Kier alpha value is -1.42. The normalized spacial score (nSPS) is 10.3. The number of amides is 1. The molecule has 0 aromatic heterocycles. The van der Waals surface area contributed by atoms with Gasteiger partial charge in [0.05, 0.1) is 10.6 Å². The molecule has 3 nitrogen and oxygen atoms in total. The molecule has 0 saturated heterocycles. The third-order valence-corrected chi connectivity index (χ3v) is 3.62. The Balaban J connectivity index is 2.15. The lowest BCUT2D eigenvalue weighted by molar-refractivity contribution is 0.0963. The molecule has 0 heterocycles. The lowest BCUT2D eigenvalue weighted by Crippen LogP contribution is -2.18. The number of benzene rings is 2. The summed E-state index contributed by atoms with van der Waals surface area (Å²) < 4.78 is 0. The average Bonchev–Trinajstić information content (AvgIpc) is 2.44. The zero-order valence-corrected chi connectivity index (χ0v) is 13.5. The van der Waals surface area contributed by atoms with Crippen molar-refractivity contribution in [3.63, 3.8) is 0 Å². The van der Waals surface area contributed by atoms with Gasteiger partial charge in [-0.2, -0.15) is 0 Å². The number of hydrogen-bond acceptors (Lipinski definition) is 2. The summed E-state index contributed by atoms with van der Waals surface area (Å²) in [5.74, 6) is -0.227. The van der Waals surface area contributed by atoms with Crippen LogP contribution in [0.2, 0.25) is 15.1 Å². The van der Waals surface area contributed by atoms with Gasteiger partial charge in [0.1, 0.15) is 0 Å². The molecular formula is C15H13Cl3N2O. The molecule has 21 heavy (non-hydrogen) atoms. The van der Waals surface area contributed by atoms with Crippen LogP contribution in [0.3, 0.4) is 0 Å². The summed E-state index contributed by atoms with van der Waals surface area (Å²) >= 11 is 17.9. The molecular weight excluding hydrogens is 331 g/mol. The maximum Gasteiger partial charge on any atom is 0.252 e. The van der Waals surface area contributed by atoms with E-state index in [4.69, 9.17) is 34.8 Å². The summed E-state index contributed by atoms with van der Waals surface area (Å²) in [6, 6.07) is 10.5. The maximum absolute atomic E-state index is 11.7. The molecule has 0 radical (unpaired) electrons. The highest BCUT2D eigenvalue weighted by Gasteiger charge is 2.09. The number of nitrogens with one attached hydrogen (secondary N) is 2. The van der Waals surface area contributed by atoms with Crippen molar-refractivity contribution < 1.29 is 4.79 Å². The summed E-state index contributed by atoms with van der Waals surface area (Å²) in [7, 11) is 1.56. The zero-order valence-electron chi connectivity index (χ0n) is 11.2. The van der Waals surface area contributed by atoms with E-state index in [1.165, 1.54) is 0 Å². The fraction of sp³-hybridized carbons (Fsp3) is 0.133. The van der Waals surface area contributed by atoms with Crippen LogP contribution in [0.25, 0.3) is 0 Å². The van der Waals surface area contributed by atoms with Crippen LogP contribution in [0.1, 0.15) is 15.9 Å². The van der Waals surface area contributed by atoms with Crippen LogP contribution >= 0.6 is 34.8 Å². The minimum Gasteiger partial charge on any atom is -0.381 e. The molecule has 110 valence electrons. The first-order chi connectivity index (χ1) is 9.99. The van der Waals surface area contributed by atoms with Crippen molar-refractivity contribution in [2.75, 3.05) is 12.4 Å². The van der Waals surface area contributed by atoms with Crippen LogP contribution < -0.4 is 10.6 Å². The molecule has 2 aromatic rings. The molecule has 2 aromatic carbocycles. The van der Waals surface area contributed by atoms with Crippen LogP contribution in [0.4, 0.5) is 5.69 Å². The topological polar surface area (TPSA) is 41.1 Å². The molecule has 0 aliphatic carbocycles. The molecule has 2 rings (SSSR count). The van der Waals surface area contributed by atoms with E-state index in [-0.39, 0.29) is 5.91 Å². The van der Waals surface area contributed by atoms with Crippen LogP contribution in [-0.2, 0) is 6.54 Å². The monoisotopic (exact) mass is 342 g/mol. The second-order valence-corrected chi connectivity index (χ2v) is 5.69. The van der Waals surface area contributed by atoms with Crippen molar-refractivity contribution in [3.8, 4) is 0 Å². The molecule has 2 N–H and O–H groups in total. The van der Waals surface area contributed by atoms with Crippen LogP contribution in [-0.4, -0.2) is 13.0 Å². The van der Waals surface area contributed by atoms with E-state index in [1.807, 2.05) is 12.1 Å². The van der Waals surface area contributed by atoms with E-state index < -0.39 is 0 Å². The predicted octanol–water partition coefficient (Wildman–Crippen LogP) is 4.62. The second-order valence-electron chi connectivity index (χ2n) is 4.40. The summed E-state index contributed by atoms with van der Waals surface area (Å²) in [5, 5.41) is 7.34. The van der Waals surface area contributed by atoms with Crippen molar-refractivity contribution in [2.45, 2.75) is 6.54 Å². The summed E-state index contributed by atoms with van der Waals surface area (Å²) in [6.07, 6.45) is 0. The van der Waals surface area contributed by atoms with Gasteiger partial charge in [0.2, 0.25) is 0 Å². The Morgan fingerprint density at radius 3 is 2.33 bits per heavy atom. The van der Waals surface area contributed by atoms with Gasteiger partial charge in [0, 0.05) is 29.3 Å². The SMILES string of the molecule is CNC(=O)c1cc(NCc2cc(Cl)cc(Cl)c2)ccc1Cl. The highest BCUT2D eigenvalue weighted by atomic mass is 35.5. The first-order valence-corrected chi connectivity index (χ1v) is 7.33. The number of carbonyl (C=O) groups excluding carboxylic acids is 1. The summed E-state index contributed by atoms with van der Waals surface area (Å²) in [6.45, 7) is 0.537. The van der Waals surface area contributed by atoms with Crippen molar-refractivity contribution in [1.82, 2.24) is 5.32 Å². The van der Waals surface area contributed by atoms with Gasteiger partial charge >= 0.3 is 0 Å². The highest BCUT2D eigenvalue weighted by molar-refractivity contribution is 6.34. The van der Waals surface area contributed by atoms with Crippen molar-refractivity contribution >= 4 is 46.4 Å². The van der Waals surface area contributed by atoms with Gasteiger partial charge in [0.25, 0.3) is 5.91 Å². The molecule has 0 bridgehead atoms. The second kappa shape index (κ2) is 7.03. The molecule has 0 spiro atoms. The highest BCUT2D eigenvalue weighted by Crippen LogP contribution is 2.23. The Labute approximate surface area is 138 Å². The van der Waals surface area contributed by atoms with Gasteiger partial charge in [-0.1, -0.05) is 34.8 Å². The zero-order chi connectivity index (χ0) is 15.4. The number of anilines is 1. The fourth-order valence-corrected chi connectivity index (χ4v) is 2.64. The molecule has 0 fully saturated rings. The quantitative estimate of drug-likeness (QED) is 0.850. The standard InChI is InChI=1S/C15H13Cl3N2O/c1-19-15(21)13-7-12(2-3-14(13)18)20-8-9-4-10(16)6-11(17)5-9/h2-7,20H,8H2,1H3,(H,19,21). The van der Waals surface area contributed by atoms with Crippen LogP contribution in [0.5, 0.6) is 0 Å².